The zero-order chi connectivity index (χ0) is 17.8. The molecule has 2 amide bonds. The lowest BCUT2D eigenvalue weighted by Crippen LogP contribution is -2.50. The van der Waals surface area contributed by atoms with Crippen LogP contribution in [0.25, 0.3) is 0 Å². The van der Waals surface area contributed by atoms with Gasteiger partial charge in [0.15, 0.2) is 0 Å². The van der Waals surface area contributed by atoms with Crippen molar-refractivity contribution in [1.29, 1.82) is 0 Å². The van der Waals surface area contributed by atoms with Crippen LogP contribution in [0, 0.1) is 0 Å². The smallest absolute Gasteiger partial charge is 0.257 e. The predicted octanol–water partition coefficient (Wildman–Crippen LogP) is 2.00. The van der Waals surface area contributed by atoms with Crippen molar-refractivity contribution in [3.05, 3.63) is 59.7 Å². The number of carbonyl (C=O) groups is 2. The summed E-state index contributed by atoms with van der Waals surface area (Å²) in [7, 11) is 1.54. The first-order chi connectivity index (χ1) is 12.1. The third kappa shape index (κ3) is 3.42. The van der Waals surface area contributed by atoms with Crippen molar-refractivity contribution in [3.63, 3.8) is 0 Å². The van der Waals surface area contributed by atoms with E-state index in [4.69, 9.17) is 4.74 Å². The molecule has 6 heteroatoms. The van der Waals surface area contributed by atoms with Gasteiger partial charge in [-0.25, -0.2) is 0 Å². The molecule has 1 heterocycles. The van der Waals surface area contributed by atoms with Gasteiger partial charge in [0.1, 0.15) is 11.5 Å². The summed E-state index contributed by atoms with van der Waals surface area (Å²) < 4.78 is 5.25. The summed E-state index contributed by atoms with van der Waals surface area (Å²) in [6, 6.07) is 13.6. The first kappa shape index (κ1) is 16.8. The molecule has 130 valence electrons. The van der Waals surface area contributed by atoms with E-state index < -0.39 is 0 Å². The van der Waals surface area contributed by atoms with Gasteiger partial charge in [0.05, 0.1) is 18.2 Å². The number of rotatable bonds is 3. The van der Waals surface area contributed by atoms with Crippen LogP contribution in [0.3, 0.4) is 0 Å². The number of ether oxygens (including phenoxy) is 1. The summed E-state index contributed by atoms with van der Waals surface area (Å²) in [5.41, 5.74) is 0.803. The number of phenolic OH excluding ortho intramolecular Hbond substituents is 1. The normalized spacial score (nSPS) is 14.3. The molecule has 0 atom stereocenters. The van der Waals surface area contributed by atoms with Crippen LogP contribution in [-0.2, 0) is 0 Å². The Labute approximate surface area is 146 Å². The Balaban J connectivity index is 1.67. The van der Waals surface area contributed by atoms with Crippen molar-refractivity contribution < 1.29 is 19.4 Å². The standard InChI is InChI=1S/C19H20N2O4/c1-25-17-9-5-3-7-15(17)19(24)21-12-10-20(11-13-21)18(23)14-6-2-4-8-16(14)22/h2-9,22H,10-13H2,1H3. The molecule has 2 aromatic rings. The number of methoxy groups -OCH3 is 1. The van der Waals surface area contributed by atoms with Crippen molar-refractivity contribution in [1.82, 2.24) is 9.80 Å². The fourth-order valence-corrected chi connectivity index (χ4v) is 2.93. The minimum absolute atomic E-state index is 0.0278. The molecule has 25 heavy (non-hydrogen) atoms. The van der Waals surface area contributed by atoms with Gasteiger partial charge in [0.2, 0.25) is 0 Å². The monoisotopic (exact) mass is 340 g/mol. The molecular formula is C19H20N2O4. The van der Waals surface area contributed by atoms with E-state index in [1.165, 1.54) is 13.2 Å². The van der Waals surface area contributed by atoms with E-state index in [9.17, 15) is 14.7 Å². The molecule has 0 aliphatic carbocycles. The van der Waals surface area contributed by atoms with E-state index in [-0.39, 0.29) is 23.1 Å². The van der Waals surface area contributed by atoms with E-state index >= 15 is 0 Å². The lowest BCUT2D eigenvalue weighted by molar-refractivity contribution is 0.0532. The van der Waals surface area contributed by atoms with Crippen LogP contribution < -0.4 is 4.74 Å². The average molecular weight is 340 g/mol. The molecule has 2 aromatic carbocycles. The lowest BCUT2D eigenvalue weighted by Gasteiger charge is -2.35. The zero-order valence-electron chi connectivity index (χ0n) is 14.0. The first-order valence-corrected chi connectivity index (χ1v) is 8.11. The summed E-state index contributed by atoms with van der Waals surface area (Å²) in [6.45, 7) is 1.73. The highest BCUT2D eigenvalue weighted by Crippen LogP contribution is 2.22. The molecule has 1 aliphatic heterocycles. The van der Waals surface area contributed by atoms with Crippen LogP contribution in [0.5, 0.6) is 11.5 Å². The number of piperazine rings is 1. The molecule has 0 unspecified atom stereocenters. The van der Waals surface area contributed by atoms with Crippen molar-refractivity contribution in [2.45, 2.75) is 0 Å². The minimum atomic E-state index is -0.220. The summed E-state index contributed by atoms with van der Waals surface area (Å²) in [4.78, 5) is 28.6. The van der Waals surface area contributed by atoms with Crippen molar-refractivity contribution in [2.24, 2.45) is 0 Å². The number of aromatic hydroxyl groups is 1. The molecule has 0 aromatic heterocycles. The number of hydrogen-bond acceptors (Lipinski definition) is 4. The van der Waals surface area contributed by atoms with E-state index in [1.54, 1.807) is 46.2 Å². The Hall–Kier alpha value is -3.02. The van der Waals surface area contributed by atoms with Crippen LogP contribution in [0.1, 0.15) is 20.7 Å². The highest BCUT2D eigenvalue weighted by atomic mass is 16.5. The number of amides is 2. The maximum Gasteiger partial charge on any atom is 0.257 e. The number of hydrogen-bond donors (Lipinski definition) is 1. The number of para-hydroxylation sites is 2. The summed E-state index contributed by atoms with van der Waals surface area (Å²) in [5, 5.41) is 9.83. The topological polar surface area (TPSA) is 70.1 Å². The second-order valence-corrected chi connectivity index (χ2v) is 5.80. The van der Waals surface area contributed by atoms with Gasteiger partial charge in [-0.2, -0.15) is 0 Å². The Bertz CT molecular complexity index is 782. The van der Waals surface area contributed by atoms with Crippen molar-refractivity contribution in [3.8, 4) is 11.5 Å². The van der Waals surface area contributed by atoms with E-state index in [0.717, 1.165) is 0 Å². The second-order valence-electron chi connectivity index (χ2n) is 5.80. The molecule has 1 fully saturated rings. The van der Waals surface area contributed by atoms with Crippen molar-refractivity contribution >= 4 is 11.8 Å². The molecule has 6 nitrogen and oxygen atoms in total. The highest BCUT2D eigenvalue weighted by molar-refractivity contribution is 5.98. The SMILES string of the molecule is COc1ccccc1C(=O)N1CCN(C(=O)c2ccccc2O)CC1. The average Bonchev–Trinajstić information content (AvgIpc) is 2.67. The molecule has 1 saturated heterocycles. The Morgan fingerprint density at radius 2 is 1.32 bits per heavy atom. The van der Waals surface area contributed by atoms with Gasteiger partial charge in [0, 0.05) is 26.2 Å². The Kier molecular flexibility index (Phi) is 4.88. The van der Waals surface area contributed by atoms with Crippen LogP contribution in [-0.4, -0.2) is 60.0 Å². The van der Waals surface area contributed by atoms with Gasteiger partial charge in [0.25, 0.3) is 11.8 Å². The zero-order valence-corrected chi connectivity index (χ0v) is 14.0. The van der Waals surface area contributed by atoms with Crippen LogP contribution >= 0.6 is 0 Å². The molecule has 0 radical (unpaired) electrons. The van der Waals surface area contributed by atoms with E-state index in [2.05, 4.69) is 0 Å². The molecule has 0 spiro atoms. The summed E-state index contributed by atoms with van der Waals surface area (Å²) >= 11 is 0. The van der Waals surface area contributed by atoms with Gasteiger partial charge in [-0.1, -0.05) is 24.3 Å². The molecular weight excluding hydrogens is 320 g/mol. The molecule has 3 rings (SSSR count). The maximum absolute atomic E-state index is 12.7. The number of nitrogens with zero attached hydrogens (tertiary/aromatic N) is 2. The number of phenols is 1. The van der Waals surface area contributed by atoms with Gasteiger partial charge in [-0.3, -0.25) is 9.59 Å². The van der Waals surface area contributed by atoms with Crippen LogP contribution in [0.4, 0.5) is 0 Å². The number of benzene rings is 2. The fourth-order valence-electron chi connectivity index (χ4n) is 2.93. The van der Waals surface area contributed by atoms with Gasteiger partial charge >= 0.3 is 0 Å². The predicted molar refractivity (Wildman–Crippen MR) is 92.9 cm³/mol. The molecule has 0 bridgehead atoms. The molecule has 0 saturated carbocycles. The fraction of sp³-hybridized carbons (Fsp3) is 0.263. The largest absolute Gasteiger partial charge is 0.507 e. The van der Waals surface area contributed by atoms with Gasteiger partial charge in [-0.05, 0) is 24.3 Å². The Morgan fingerprint density at radius 1 is 0.840 bits per heavy atom. The van der Waals surface area contributed by atoms with E-state index in [1.807, 2.05) is 6.07 Å². The minimum Gasteiger partial charge on any atom is -0.507 e. The second kappa shape index (κ2) is 7.25. The van der Waals surface area contributed by atoms with E-state index in [0.29, 0.717) is 37.5 Å². The first-order valence-electron chi connectivity index (χ1n) is 8.11. The highest BCUT2D eigenvalue weighted by Gasteiger charge is 2.27. The number of carbonyl (C=O) groups excluding carboxylic acids is 2. The molecule has 1 N–H and O–H groups in total. The summed E-state index contributed by atoms with van der Waals surface area (Å²) in [6.07, 6.45) is 0. The van der Waals surface area contributed by atoms with Crippen LogP contribution in [0.2, 0.25) is 0 Å². The van der Waals surface area contributed by atoms with Gasteiger partial charge < -0.3 is 19.6 Å². The maximum atomic E-state index is 12.7. The summed E-state index contributed by atoms with van der Waals surface area (Å²) in [5.74, 6) is 0.190. The lowest BCUT2D eigenvalue weighted by atomic mass is 10.1. The van der Waals surface area contributed by atoms with Crippen LogP contribution in [0.15, 0.2) is 48.5 Å². The third-order valence-electron chi connectivity index (χ3n) is 4.33. The third-order valence-corrected chi connectivity index (χ3v) is 4.33. The van der Waals surface area contributed by atoms with Crippen molar-refractivity contribution in [2.75, 3.05) is 33.3 Å². The van der Waals surface area contributed by atoms with Gasteiger partial charge in [-0.15, -0.1) is 0 Å². The Morgan fingerprint density at radius 3 is 1.88 bits per heavy atom. The quantitative estimate of drug-likeness (QED) is 0.928. The molecule has 1 aliphatic rings.